The average molecular weight is 364 g/mol. The number of benzene rings is 2. The highest BCUT2D eigenvalue weighted by atomic mass is 16.5. The zero-order valence-corrected chi connectivity index (χ0v) is 15.0. The maximum atomic E-state index is 12.4. The van der Waals surface area contributed by atoms with E-state index >= 15 is 0 Å². The van der Waals surface area contributed by atoms with E-state index in [0.717, 1.165) is 29.8 Å². The minimum atomic E-state index is -0.559. The van der Waals surface area contributed by atoms with Gasteiger partial charge in [0.2, 0.25) is 11.8 Å². The molecule has 2 amide bonds. The molecule has 2 aliphatic heterocycles. The van der Waals surface area contributed by atoms with Crippen LogP contribution in [0.1, 0.15) is 46.9 Å². The van der Waals surface area contributed by atoms with Crippen molar-refractivity contribution in [1.29, 1.82) is 0 Å². The minimum absolute atomic E-state index is 0.0637. The summed E-state index contributed by atoms with van der Waals surface area (Å²) in [5.41, 5.74) is 3.74. The van der Waals surface area contributed by atoms with Crippen LogP contribution in [0, 0.1) is 6.92 Å². The zero-order valence-electron chi connectivity index (χ0n) is 15.0. The monoisotopic (exact) mass is 364 g/mol. The molecule has 0 aliphatic carbocycles. The van der Waals surface area contributed by atoms with Gasteiger partial charge < -0.3 is 15.0 Å². The Morgan fingerprint density at radius 2 is 2.04 bits per heavy atom. The summed E-state index contributed by atoms with van der Waals surface area (Å²) in [6.07, 6.45) is 0.961. The van der Waals surface area contributed by atoms with E-state index in [1.807, 2.05) is 31.2 Å². The summed E-state index contributed by atoms with van der Waals surface area (Å²) in [7, 11) is 0. The second-order valence-corrected chi connectivity index (χ2v) is 6.88. The third-order valence-electron chi connectivity index (χ3n) is 4.99. The number of rotatable bonds is 4. The van der Waals surface area contributed by atoms with Crippen molar-refractivity contribution in [2.75, 3.05) is 16.8 Å². The van der Waals surface area contributed by atoms with Crippen LogP contribution < -0.4 is 10.2 Å². The van der Waals surface area contributed by atoms with E-state index < -0.39 is 6.10 Å². The number of nitrogens with zero attached hydrogens (tertiary/aromatic N) is 1. The summed E-state index contributed by atoms with van der Waals surface area (Å²) >= 11 is 0. The lowest BCUT2D eigenvalue weighted by Crippen LogP contribution is -2.24. The van der Waals surface area contributed by atoms with Crippen LogP contribution in [0.5, 0.6) is 0 Å². The lowest BCUT2D eigenvalue weighted by atomic mass is 10.0. The number of esters is 1. The van der Waals surface area contributed by atoms with Gasteiger partial charge in [0.05, 0.1) is 12.0 Å². The predicted molar refractivity (Wildman–Crippen MR) is 101 cm³/mol. The number of aryl methyl sites for hydroxylation is 1. The fourth-order valence-electron chi connectivity index (χ4n) is 3.69. The van der Waals surface area contributed by atoms with Gasteiger partial charge in [-0.05, 0) is 43.2 Å². The Labute approximate surface area is 157 Å². The fourth-order valence-corrected chi connectivity index (χ4v) is 3.69. The first kappa shape index (κ1) is 17.3. The fraction of sp³-hybridized carbons (Fsp3) is 0.286. The Hall–Kier alpha value is -3.15. The first-order valence-corrected chi connectivity index (χ1v) is 9.04. The number of amides is 2. The third kappa shape index (κ3) is 3.30. The molecule has 2 heterocycles. The first-order valence-electron chi connectivity index (χ1n) is 9.04. The standard InChI is InChI=1S/C21H20N2O4/c1-13-11-14(8-9-17(13)23-10-4-7-20(23)25)22-19(24)12-18-15-5-2-3-6-16(15)21(26)27-18/h2-3,5-6,8-9,11,18H,4,7,10,12H2,1H3,(H,22,24)/t18-/m1/s1. The summed E-state index contributed by atoms with van der Waals surface area (Å²) in [5.74, 6) is -0.482. The molecule has 2 aromatic rings. The number of anilines is 2. The first-order chi connectivity index (χ1) is 13.0. The van der Waals surface area contributed by atoms with Gasteiger partial charge in [-0.15, -0.1) is 0 Å². The molecule has 4 rings (SSSR count). The normalized spacial score (nSPS) is 18.4. The summed E-state index contributed by atoms with van der Waals surface area (Å²) in [6.45, 7) is 2.66. The highest BCUT2D eigenvalue weighted by Crippen LogP contribution is 2.33. The molecule has 0 bridgehead atoms. The molecule has 0 unspecified atom stereocenters. The number of hydrogen-bond acceptors (Lipinski definition) is 4. The van der Waals surface area contributed by atoms with Gasteiger partial charge >= 0.3 is 5.97 Å². The predicted octanol–water partition coefficient (Wildman–Crippen LogP) is 3.36. The molecular weight excluding hydrogens is 344 g/mol. The van der Waals surface area contributed by atoms with E-state index in [1.165, 1.54) is 0 Å². The van der Waals surface area contributed by atoms with Gasteiger partial charge in [0.25, 0.3) is 0 Å². The molecule has 1 N–H and O–H groups in total. The Morgan fingerprint density at radius 1 is 1.22 bits per heavy atom. The molecule has 1 saturated heterocycles. The lowest BCUT2D eigenvalue weighted by Gasteiger charge is -2.19. The highest BCUT2D eigenvalue weighted by molar-refractivity contribution is 5.98. The second kappa shape index (κ2) is 6.87. The van der Waals surface area contributed by atoms with Gasteiger partial charge in [0, 0.05) is 29.9 Å². The Balaban J connectivity index is 1.44. The van der Waals surface area contributed by atoms with Gasteiger partial charge in [-0.1, -0.05) is 18.2 Å². The van der Waals surface area contributed by atoms with Gasteiger partial charge in [-0.3, -0.25) is 9.59 Å². The lowest BCUT2D eigenvalue weighted by molar-refractivity contribution is -0.118. The second-order valence-electron chi connectivity index (χ2n) is 6.88. The number of fused-ring (bicyclic) bond motifs is 1. The number of carbonyl (C=O) groups excluding carboxylic acids is 3. The molecule has 1 atom stereocenters. The van der Waals surface area contributed by atoms with Crippen molar-refractivity contribution in [3.63, 3.8) is 0 Å². The molecule has 6 nitrogen and oxygen atoms in total. The van der Waals surface area contributed by atoms with E-state index in [2.05, 4.69) is 5.32 Å². The molecule has 2 aliphatic rings. The van der Waals surface area contributed by atoms with Crippen molar-refractivity contribution in [3.05, 3.63) is 59.2 Å². The number of nitrogens with one attached hydrogen (secondary N) is 1. The maximum Gasteiger partial charge on any atom is 0.339 e. The molecule has 1 fully saturated rings. The number of hydrogen-bond donors (Lipinski definition) is 1. The summed E-state index contributed by atoms with van der Waals surface area (Å²) in [6, 6.07) is 12.6. The van der Waals surface area contributed by atoms with E-state index in [0.29, 0.717) is 17.7 Å². The Morgan fingerprint density at radius 3 is 2.78 bits per heavy atom. The largest absolute Gasteiger partial charge is 0.453 e. The smallest absolute Gasteiger partial charge is 0.339 e. The Kier molecular flexibility index (Phi) is 4.39. The zero-order chi connectivity index (χ0) is 19.0. The molecule has 27 heavy (non-hydrogen) atoms. The molecule has 0 saturated carbocycles. The number of carbonyl (C=O) groups is 3. The van der Waals surface area contributed by atoms with Gasteiger partial charge in [-0.2, -0.15) is 0 Å². The topological polar surface area (TPSA) is 75.7 Å². The van der Waals surface area contributed by atoms with Crippen molar-refractivity contribution in [2.45, 2.75) is 32.3 Å². The Bertz CT molecular complexity index is 938. The van der Waals surface area contributed by atoms with Gasteiger partial charge in [0.15, 0.2) is 0 Å². The van der Waals surface area contributed by atoms with Crippen LogP contribution in [0.4, 0.5) is 11.4 Å². The van der Waals surface area contributed by atoms with E-state index in [9.17, 15) is 14.4 Å². The molecular formula is C21H20N2O4. The molecule has 6 heteroatoms. The van der Waals surface area contributed by atoms with Gasteiger partial charge in [0.1, 0.15) is 6.10 Å². The molecule has 0 aromatic heterocycles. The van der Waals surface area contributed by atoms with Crippen molar-refractivity contribution in [3.8, 4) is 0 Å². The van der Waals surface area contributed by atoms with Crippen LogP contribution >= 0.6 is 0 Å². The van der Waals surface area contributed by atoms with Crippen LogP contribution in [-0.2, 0) is 14.3 Å². The van der Waals surface area contributed by atoms with Crippen LogP contribution in [0.25, 0.3) is 0 Å². The average Bonchev–Trinajstić information content (AvgIpc) is 3.19. The SMILES string of the molecule is Cc1cc(NC(=O)C[C@H]2OC(=O)c3ccccc32)ccc1N1CCCC1=O. The van der Waals surface area contributed by atoms with Crippen LogP contribution in [0.2, 0.25) is 0 Å². The third-order valence-corrected chi connectivity index (χ3v) is 4.99. The van der Waals surface area contributed by atoms with Crippen LogP contribution in [0.3, 0.4) is 0 Å². The van der Waals surface area contributed by atoms with Crippen molar-refractivity contribution in [1.82, 2.24) is 0 Å². The van der Waals surface area contributed by atoms with E-state index in [1.54, 1.807) is 23.1 Å². The maximum absolute atomic E-state index is 12.4. The summed E-state index contributed by atoms with van der Waals surface area (Å²) in [5, 5.41) is 2.85. The minimum Gasteiger partial charge on any atom is -0.453 e. The van der Waals surface area contributed by atoms with E-state index in [-0.39, 0.29) is 24.2 Å². The quantitative estimate of drug-likeness (QED) is 0.844. The summed E-state index contributed by atoms with van der Waals surface area (Å²) < 4.78 is 5.32. The summed E-state index contributed by atoms with van der Waals surface area (Å²) in [4.78, 5) is 38.0. The molecule has 138 valence electrons. The van der Waals surface area contributed by atoms with E-state index in [4.69, 9.17) is 4.74 Å². The number of cyclic esters (lactones) is 1. The molecule has 2 aromatic carbocycles. The van der Waals surface area contributed by atoms with Crippen molar-refractivity contribution < 1.29 is 19.1 Å². The number of ether oxygens (including phenoxy) is 1. The van der Waals surface area contributed by atoms with Crippen molar-refractivity contribution >= 4 is 29.2 Å². The molecule has 0 spiro atoms. The van der Waals surface area contributed by atoms with Crippen LogP contribution in [-0.4, -0.2) is 24.3 Å². The molecule has 0 radical (unpaired) electrons. The van der Waals surface area contributed by atoms with Crippen LogP contribution in [0.15, 0.2) is 42.5 Å². The highest BCUT2D eigenvalue weighted by Gasteiger charge is 2.32. The van der Waals surface area contributed by atoms with Crippen molar-refractivity contribution in [2.24, 2.45) is 0 Å². The van der Waals surface area contributed by atoms with Gasteiger partial charge in [-0.25, -0.2) is 4.79 Å².